The molecule has 0 saturated carbocycles. The Hall–Kier alpha value is -3.58. The number of aliphatic imine (C=N–C) groups is 1. The number of anilines is 1. The predicted molar refractivity (Wildman–Crippen MR) is 133 cm³/mol. The maximum Gasteiger partial charge on any atom is 0.242 e. The van der Waals surface area contributed by atoms with Crippen LogP contribution in [-0.2, 0) is 16.0 Å². The van der Waals surface area contributed by atoms with Gasteiger partial charge in [0.1, 0.15) is 11.0 Å². The van der Waals surface area contributed by atoms with Crippen molar-refractivity contribution in [2.45, 2.75) is 18.1 Å². The van der Waals surface area contributed by atoms with E-state index in [0.29, 0.717) is 29.6 Å². The van der Waals surface area contributed by atoms with Gasteiger partial charge in [-0.25, -0.2) is 4.99 Å². The minimum atomic E-state index is -0.513. The van der Waals surface area contributed by atoms with Crippen molar-refractivity contribution in [3.05, 3.63) is 90.5 Å². The molecule has 1 aliphatic heterocycles. The normalized spacial score (nSPS) is 16.8. The lowest BCUT2D eigenvalue weighted by molar-refractivity contribution is -0.128. The summed E-state index contributed by atoms with van der Waals surface area (Å²) in [7, 11) is 1.59. The molecule has 0 spiro atoms. The van der Waals surface area contributed by atoms with Crippen LogP contribution in [0, 0.1) is 0 Å². The lowest BCUT2D eigenvalue weighted by Crippen LogP contribution is -2.35. The van der Waals surface area contributed by atoms with E-state index in [1.165, 1.54) is 11.8 Å². The summed E-state index contributed by atoms with van der Waals surface area (Å²) in [6, 6.07) is 26.7. The fourth-order valence-electron chi connectivity index (χ4n) is 3.48. The zero-order chi connectivity index (χ0) is 23.0. The molecule has 1 N–H and O–H groups in total. The average Bonchev–Trinajstić information content (AvgIpc) is 3.13. The van der Waals surface area contributed by atoms with E-state index in [9.17, 15) is 9.59 Å². The largest absolute Gasteiger partial charge is 0.497 e. The Morgan fingerprint density at radius 3 is 2.33 bits per heavy atom. The first kappa shape index (κ1) is 22.6. The Morgan fingerprint density at radius 1 is 1.00 bits per heavy atom. The molecule has 168 valence electrons. The van der Waals surface area contributed by atoms with Crippen LogP contribution in [0.4, 0.5) is 11.4 Å². The monoisotopic (exact) mass is 459 g/mol. The number of rotatable bonds is 8. The van der Waals surface area contributed by atoms with Crippen molar-refractivity contribution in [1.29, 1.82) is 0 Å². The third-order valence-corrected chi connectivity index (χ3v) is 6.39. The van der Waals surface area contributed by atoms with E-state index in [2.05, 4.69) is 5.32 Å². The van der Waals surface area contributed by atoms with Crippen molar-refractivity contribution in [2.24, 2.45) is 4.99 Å². The van der Waals surface area contributed by atoms with Crippen LogP contribution in [-0.4, -0.2) is 40.8 Å². The maximum atomic E-state index is 13.2. The molecule has 3 aromatic carbocycles. The number of carbonyl (C=O) groups excluding carboxylic acids is 2. The third kappa shape index (κ3) is 6.02. The summed E-state index contributed by atoms with van der Waals surface area (Å²) in [5.74, 6) is 0.413. The molecule has 0 aromatic heterocycles. The van der Waals surface area contributed by atoms with Gasteiger partial charge in [0.25, 0.3) is 0 Å². The van der Waals surface area contributed by atoms with Crippen LogP contribution in [0.1, 0.15) is 12.0 Å². The number of nitrogens with one attached hydrogen (secondary N) is 1. The Balaban J connectivity index is 1.46. The van der Waals surface area contributed by atoms with Gasteiger partial charge in [0.05, 0.1) is 12.8 Å². The number of carbonyl (C=O) groups is 2. The van der Waals surface area contributed by atoms with Crippen molar-refractivity contribution < 1.29 is 14.3 Å². The van der Waals surface area contributed by atoms with E-state index in [0.717, 1.165) is 11.3 Å². The smallest absolute Gasteiger partial charge is 0.242 e. The third-order valence-electron chi connectivity index (χ3n) is 5.21. The second-order valence-electron chi connectivity index (χ2n) is 7.54. The summed E-state index contributed by atoms with van der Waals surface area (Å²) in [5.41, 5.74) is 2.59. The standard InChI is InChI=1S/C26H25N3O3S/c1-32-22-14-12-21(13-15-22)27-24(30)18-23-25(31)29(17-16-19-8-4-2-5-9-19)26(33-23)28-20-10-6-3-7-11-20/h2-15,23H,16-18H2,1H3,(H,27,30)/t23-/m1/s1. The minimum absolute atomic E-state index is 0.0746. The molecule has 1 atom stereocenters. The summed E-state index contributed by atoms with van der Waals surface area (Å²) in [5, 5.41) is 2.98. The van der Waals surface area contributed by atoms with Crippen molar-refractivity contribution in [3.63, 3.8) is 0 Å². The van der Waals surface area contributed by atoms with Gasteiger partial charge in [-0.05, 0) is 48.4 Å². The molecule has 0 aliphatic carbocycles. The summed E-state index contributed by atoms with van der Waals surface area (Å²) >= 11 is 1.35. The van der Waals surface area contributed by atoms with Gasteiger partial charge >= 0.3 is 0 Å². The van der Waals surface area contributed by atoms with Gasteiger partial charge < -0.3 is 10.1 Å². The number of hydrogen-bond donors (Lipinski definition) is 1. The molecule has 1 aliphatic rings. The van der Waals surface area contributed by atoms with Gasteiger partial charge in [0, 0.05) is 18.7 Å². The molecule has 1 saturated heterocycles. The SMILES string of the molecule is COc1ccc(NC(=O)C[C@H]2SC(=Nc3ccccc3)N(CCc3ccccc3)C2=O)cc1. The second-order valence-corrected chi connectivity index (χ2v) is 8.71. The topological polar surface area (TPSA) is 71.0 Å². The van der Waals surface area contributed by atoms with Crippen LogP contribution >= 0.6 is 11.8 Å². The van der Waals surface area contributed by atoms with Crippen LogP contribution in [0.3, 0.4) is 0 Å². The lowest BCUT2D eigenvalue weighted by Gasteiger charge is -2.16. The Bertz CT molecular complexity index is 1120. The maximum absolute atomic E-state index is 13.2. The number of amides is 2. The molecule has 33 heavy (non-hydrogen) atoms. The van der Waals surface area contributed by atoms with Crippen molar-refractivity contribution in [3.8, 4) is 5.75 Å². The molecule has 0 unspecified atom stereocenters. The van der Waals surface area contributed by atoms with Crippen molar-refractivity contribution in [1.82, 2.24) is 4.90 Å². The molecule has 0 radical (unpaired) electrons. The van der Waals surface area contributed by atoms with Crippen LogP contribution in [0.25, 0.3) is 0 Å². The van der Waals surface area contributed by atoms with E-state index in [4.69, 9.17) is 9.73 Å². The Kier molecular flexibility index (Phi) is 7.42. The number of thioether (sulfide) groups is 1. The van der Waals surface area contributed by atoms with Crippen LogP contribution in [0.5, 0.6) is 5.75 Å². The molecule has 7 heteroatoms. The molecule has 4 rings (SSSR count). The summed E-state index contributed by atoms with van der Waals surface area (Å²) < 4.78 is 5.14. The van der Waals surface area contributed by atoms with E-state index in [1.54, 1.807) is 36.3 Å². The first-order valence-corrected chi connectivity index (χ1v) is 11.6. The van der Waals surface area contributed by atoms with Crippen LogP contribution in [0.2, 0.25) is 0 Å². The molecular formula is C26H25N3O3S. The van der Waals surface area contributed by atoms with Gasteiger partial charge in [-0.1, -0.05) is 60.3 Å². The first-order valence-electron chi connectivity index (χ1n) is 10.7. The number of methoxy groups -OCH3 is 1. The molecular weight excluding hydrogens is 434 g/mol. The number of ether oxygens (including phenoxy) is 1. The fraction of sp³-hybridized carbons (Fsp3) is 0.192. The van der Waals surface area contributed by atoms with Gasteiger partial charge in [-0.3, -0.25) is 14.5 Å². The minimum Gasteiger partial charge on any atom is -0.497 e. The molecule has 1 heterocycles. The van der Waals surface area contributed by atoms with Crippen LogP contribution in [0.15, 0.2) is 89.9 Å². The summed E-state index contributed by atoms with van der Waals surface area (Å²) in [4.78, 5) is 32.3. The summed E-state index contributed by atoms with van der Waals surface area (Å²) in [6.07, 6.45) is 0.789. The van der Waals surface area contributed by atoms with Crippen LogP contribution < -0.4 is 10.1 Å². The zero-order valence-electron chi connectivity index (χ0n) is 18.3. The number of hydrogen-bond acceptors (Lipinski definition) is 5. The second kappa shape index (κ2) is 10.8. The fourth-order valence-corrected chi connectivity index (χ4v) is 4.67. The van der Waals surface area contributed by atoms with Gasteiger partial charge in [0.2, 0.25) is 11.8 Å². The lowest BCUT2D eigenvalue weighted by atomic mass is 10.1. The molecule has 2 amide bonds. The number of benzene rings is 3. The highest BCUT2D eigenvalue weighted by molar-refractivity contribution is 8.15. The Morgan fingerprint density at radius 2 is 1.67 bits per heavy atom. The number of nitrogens with zero attached hydrogens (tertiary/aromatic N) is 2. The highest BCUT2D eigenvalue weighted by atomic mass is 32.2. The number of amidine groups is 1. The summed E-state index contributed by atoms with van der Waals surface area (Å²) in [6.45, 7) is 0.512. The molecule has 3 aromatic rings. The van der Waals surface area contributed by atoms with Gasteiger partial charge in [0.15, 0.2) is 5.17 Å². The Labute approximate surface area is 197 Å². The van der Waals surface area contributed by atoms with Crippen molar-refractivity contribution in [2.75, 3.05) is 19.0 Å². The molecule has 1 fully saturated rings. The first-order chi connectivity index (χ1) is 16.1. The molecule has 0 bridgehead atoms. The van der Waals surface area contributed by atoms with Crippen molar-refractivity contribution >= 4 is 40.1 Å². The van der Waals surface area contributed by atoms with Gasteiger partial charge in [-0.2, -0.15) is 0 Å². The number of para-hydroxylation sites is 1. The highest BCUT2D eigenvalue weighted by Gasteiger charge is 2.39. The predicted octanol–water partition coefficient (Wildman–Crippen LogP) is 4.90. The zero-order valence-corrected chi connectivity index (χ0v) is 19.1. The average molecular weight is 460 g/mol. The van der Waals surface area contributed by atoms with E-state index in [1.807, 2.05) is 60.7 Å². The van der Waals surface area contributed by atoms with Gasteiger partial charge in [-0.15, -0.1) is 0 Å². The molecule has 6 nitrogen and oxygen atoms in total. The quantitative estimate of drug-likeness (QED) is 0.520. The highest BCUT2D eigenvalue weighted by Crippen LogP contribution is 2.32. The van der Waals surface area contributed by atoms with E-state index in [-0.39, 0.29) is 18.2 Å². The van der Waals surface area contributed by atoms with E-state index >= 15 is 0 Å². The van der Waals surface area contributed by atoms with E-state index < -0.39 is 5.25 Å².